The highest BCUT2D eigenvalue weighted by atomic mass is 16.3. The van der Waals surface area contributed by atoms with Crippen LogP contribution in [0.15, 0.2) is 0 Å². The van der Waals surface area contributed by atoms with Gasteiger partial charge in [-0.2, -0.15) is 0 Å². The van der Waals surface area contributed by atoms with Gasteiger partial charge in [-0.05, 0) is 18.8 Å². The van der Waals surface area contributed by atoms with E-state index in [2.05, 4.69) is 18.7 Å². The van der Waals surface area contributed by atoms with Crippen LogP contribution in [0, 0.1) is 5.92 Å². The molecule has 1 aliphatic rings. The molecule has 15 heavy (non-hydrogen) atoms. The zero-order valence-corrected chi connectivity index (χ0v) is 10.2. The molecule has 3 nitrogen and oxygen atoms in total. The van der Waals surface area contributed by atoms with Gasteiger partial charge >= 0.3 is 0 Å². The highest BCUT2D eigenvalue weighted by molar-refractivity contribution is 4.83. The summed E-state index contributed by atoms with van der Waals surface area (Å²) in [5, 5.41) is 9.35. The van der Waals surface area contributed by atoms with Gasteiger partial charge in [-0.15, -0.1) is 0 Å². The number of rotatable bonds is 6. The summed E-state index contributed by atoms with van der Waals surface area (Å²) < 4.78 is 0. The quantitative estimate of drug-likeness (QED) is 0.698. The molecule has 90 valence electrons. The van der Waals surface area contributed by atoms with Gasteiger partial charge < -0.3 is 10.8 Å². The molecular weight excluding hydrogens is 188 g/mol. The van der Waals surface area contributed by atoms with Gasteiger partial charge in [0.05, 0.1) is 6.61 Å². The van der Waals surface area contributed by atoms with E-state index in [0.717, 1.165) is 6.54 Å². The second-order valence-corrected chi connectivity index (χ2v) is 5.10. The van der Waals surface area contributed by atoms with Gasteiger partial charge in [0.15, 0.2) is 0 Å². The maximum Gasteiger partial charge on any atom is 0.0599 e. The average Bonchev–Trinajstić information content (AvgIpc) is 2.70. The third-order valence-corrected chi connectivity index (χ3v) is 3.32. The highest BCUT2D eigenvalue weighted by Gasteiger charge is 2.27. The first-order valence-electron chi connectivity index (χ1n) is 6.25. The van der Waals surface area contributed by atoms with Crippen molar-refractivity contribution in [1.29, 1.82) is 0 Å². The number of nitrogens with zero attached hydrogens (tertiary/aromatic N) is 1. The van der Waals surface area contributed by atoms with Gasteiger partial charge in [0.25, 0.3) is 0 Å². The number of hydrogen-bond acceptors (Lipinski definition) is 3. The summed E-state index contributed by atoms with van der Waals surface area (Å²) in [6.45, 7) is 6.28. The minimum Gasteiger partial charge on any atom is -0.395 e. The molecule has 3 heteroatoms. The number of hydrogen-bond donors (Lipinski definition) is 2. The van der Waals surface area contributed by atoms with Crippen LogP contribution in [-0.4, -0.2) is 41.8 Å². The van der Waals surface area contributed by atoms with Crippen LogP contribution < -0.4 is 5.73 Å². The molecule has 0 radical (unpaired) electrons. The summed E-state index contributed by atoms with van der Waals surface area (Å²) in [5.41, 5.74) is 5.73. The van der Waals surface area contributed by atoms with E-state index in [0.29, 0.717) is 18.5 Å². The van der Waals surface area contributed by atoms with E-state index < -0.39 is 0 Å². The van der Waals surface area contributed by atoms with Crippen molar-refractivity contribution in [3.63, 3.8) is 0 Å². The monoisotopic (exact) mass is 214 g/mol. The molecule has 0 aromatic heterocycles. The topological polar surface area (TPSA) is 49.5 Å². The van der Waals surface area contributed by atoms with Crippen molar-refractivity contribution in [3.8, 4) is 0 Å². The minimum absolute atomic E-state index is 0.162. The smallest absolute Gasteiger partial charge is 0.0599 e. The summed E-state index contributed by atoms with van der Waals surface area (Å²) in [7, 11) is 0. The van der Waals surface area contributed by atoms with Crippen molar-refractivity contribution >= 4 is 0 Å². The zero-order chi connectivity index (χ0) is 11.3. The fraction of sp³-hybridized carbons (Fsp3) is 1.00. The summed E-state index contributed by atoms with van der Waals surface area (Å²) in [6, 6.07) is 0.823. The molecule has 1 rings (SSSR count). The molecule has 1 saturated carbocycles. The Bertz CT molecular complexity index is 161. The molecule has 0 heterocycles. The molecule has 0 aliphatic heterocycles. The predicted molar refractivity (Wildman–Crippen MR) is 63.7 cm³/mol. The Hall–Kier alpha value is -0.120. The van der Waals surface area contributed by atoms with Crippen molar-refractivity contribution in [2.24, 2.45) is 11.7 Å². The second kappa shape index (κ2) is 6.46. The molecule has 0 spiro atoms. The molecule has 0 amide bonds. The first-order valence-corrected chi connectivity index (χ1v) is 6.25. The molecule has 1 atom stereocenters. The molecule has 0 saturated heterocycles. The Labute approximate surface area is 93.6 Å². The molecule has 0 bridgehead atoms. The van der Waals surface area contributed by atoms with Crippen molar-refractivity contribution in [2.45, 2.75) is 51.6 Å². The lowest BCUT2D eigenvalue weighted by Crippen LogP contribution is -2.49. The Morgan fingerprint density at radius 2 is 1.93 bits per heavy atom. The summed E-state index contributed by atoms with van der Waals surface area (Å²) in [5.74, 6) is 0.645. The number of aliphatic hydroxyl groups is 1. The Morgan fingerprint density at radius 3 is 2.33 bits per heavy atom. The molecule has 3 N–H and O–H groups in total. The summed E-state index contributed by atoms with van der Waals surface area (Å²) >= 11 is 0. The molecule has 1 fully saturated rings. The summed E-state index contributed by atoms with van der Waals surface area (Å²) in [6.07, 6.45) is 5.23. The lowest BCUT2D eigenvalue weighted by atomic mass is 10.1. The molecule has 0 aromatic carbocycles. The first-order chi connectivity index (χ1) is 7.19. The van der Waals surface area contributed by atoms with Crippen LogP contribution in [0.4, 0.5) is 0 Å². The fourth-order valence-corrected chi connectivity index (χ4v) is 2.57. The fourth-order valence-electron chi connectivity index (χ4n) is 2.57. The molecule has 1 unspecified atom stereocenters. The van der Waals surface area contributed by atoms with E-state index >= 15 is 0 Å². The van der Waals surface area contributed by atoms with Crippen LogP contribution in [-0.2, 0) is 0 Å². The van der Waals surface area contributed by atoms with E-state index in [1.54, 1.807) is 0 Å². The van der Waals surface area contributed by atoms with Crippen LogP contribution in [0.5, 0.6) is 0 Å². The third-order valence-electron chi connectivity index (χ3n) is 3.32. The van der Waals surface area contributed by atoms with Crippen LogP contribution >= 0.6 is 0 Å². The number of aliphatic hydroxyl groups excluding tert-OH is 1. The van der Waals surface area contributed by atoms with Crippen LogP contribution in [0.3, 0.4) is 0 Å². The van der Waals surface area contributed by atoms with Crippen LogP contribution in [0.2, 0.25) is 0 Å². The maximum absolute atomic E-state index is 9.35. The predicted octanol–water partition coefficient (Wildman–Crippen LogP) is 1.21. The first kappa shape index (κ1) is 12.9. The largest absolute Gasteiger partial charge is 0.395 e. The Balaban J connectivity index is 2.57. The van der Waals surface area contributed by atoms with Crippen molar-refractivity contribution in [3.05, 3.63) is 0 Å². The Kier molecular flexibility index (Phi) is 5.58. The van der Waals surface area contributed by atoms with E-state index in [9.17, 15) is 5.11 Å². The van der Waals surface area contributed by atoms with Crippen molar-refractivity contribution < 1.29 is 5.11 Å². The van der Waals surface area contributed by atoms with Crippen LogP contribution in [0.1, 0.15) is 39.5 Å². The average molecular weight is 214 g/mol. The number of nitrogens with two attached hydrogens (primary N) is 1. The maximum atomic E-state index is 9.35. The van der Waals surface area contributed by atoms with Crippen molar-refractivity contribution in [1.82, 2.24) is 4.90 Å². The van der Waals surface area contributed by atoms with E-state index in [1.165, 1.54) is 25.7 Å². The normalized spacial score (nSPS) is 20.4. The van der Waals surface area contributed by atoms with Gasteiger partial charge in [-0.1, -0.05) is 26.7 Å². The highest BCUT2D eigenvalue weighted by Crippen LogP contribution is 2.25. The lowest BCUT2D eigenvalue weighted by molar-refractivity contribution is 0.0775. The van der Waals surface area contributed by atoms with E-state index in [4.69, 9.17) is 5.73 Å². The van der Waals surface area contributed by atoms with Gasteiger partial charge in [0.1, 0.15) is 0 Å². The molecule has 1 aliphatic carbocycles. The third kappa shape index (κ3) is 3.74. The standard InChI is InChI=1S/C12H26N2O/c1-10(2)8-14(12(7-13)9-15)11-5-3-4-6-11/h10-12,15H,3-9,13H2,1-2H3. The van der Waals surface area contributed by atoms with Crippen molar-refractivity contribution in [2.75, 3.05) is 19.7 Å². The Morgan fingerprint density at radius 1 is 1.33 bits per heavy atom. The minimum atomic E-state index is 0.162. The van der Waals surface area contributed by atoms with Gasteiger partial charge in [-0.25, -0.2) is 0 Å². The molecular formula is C12H26N2O. The van der Waals surface area contributed by atoms with E-state index in [1.807, 2.05) is 0 Å². The van der Waals surface area contributed by atoms with Crippen LogP contribution in [0.25, 0.3) is 0 Å². The van der Waals surface area contributed by atoms with Gasteiger partial charge in [0, 0.05) is 25.2 Å². The van der Waals surface area contributed by atoms with E-state index in [-0.39, 0.29) is 12.6 Å². The molecule has 0 aromatic rings. The second-order valence-electron chi connectivity index (χ2n) is 5.10. The van der Waals surface area contributed by atoms with Gasteiger partial charge in [0.2, 0.25) is 0 Å². The summed E-state index contributed by atoms with van der Waals surface area (Å²) in [4.78, 5) is 2.44. The SMILES string of the molecule is CC(C)CN(C(CN)CO)C1CCCC1. The lowest BCUT2D eigenvalue weighted by Gasteiger charge is -2.36. The zero-order valence-electron chi connectivity index (χ0n) is 10.2. The van der Waals surface area contributed by atoms with Gasteiger partial charge in [-0.3, -0.25) is 4.90 Å².